The van der Waals surface area contributed by atoms with Crippen LogP contribution in [0.2, 0.25) is 0 Å². The van der Waals surface area contributed by atoms with Gasteiger partial charge in [0.15, 0.2) is 0 Å². The number of amides is 1. The van der Waals surface area contributed by atoms with Crippen LogP contribution in [-0.2, 0) is 6.42 Å². The Hall–Kier alpha value is -1.63. The number of benzene rings is 1. The average Bonchev–Trinajstić information content (AvgIpc) is 2.43. The van der Waals surface area contributed by atoms with E-state index >= 15 is 0 Å². The Bertz CT molecular complexity index is 412. The fraction of sp³-hybridized carbons (Fsp3) is 0.533. The topological polar surface area (TPSA) is 84.8 Å². The Labute approximate surface area is 125 Å². The summed E-state index contributed by atoms with van der Waals surface area (Å²) in [7, 11) is 3.95. The minimum atomic E-state index is -1.12. The molecule has 1 aromatic rings. The number of nitrogens with zero attached hydrogens (tertiary/aromatic N) is 1. The van der Waals surface area contributed by atoms with E-state index in [1.54, 1.807) is 0 Å². The van der Waals surface area contributed by atoms with Gasteiger partial charge in [-0.2, -0.15) is 0 Å². The van der Waals surface area contributed by atoms with Gasteiger partial charge in [-0.05, 0) is 26.1 Å². The zero-order valence-electron chi connectivity index (χ0n) is 12.6. The molecule has 21 heavy (non-hydrogen) atoms. The second-order valence-electron chi connectivity index (χ2n) is 5.32. The lowest BCUT2D eigenvalue weighted by Crippen LogP contribution is -2.48. The molecule has 0 spiro atoms. The Kier molecular flexibility index (Phi) is 7.74. The van der Waals surface area contributed by atoms with Gasteiger partial charge in [-0.25, -0.2) is 4.79 Å². The van der Waals surface area contributed by atoms with Gasteiger partial charge in [0.05, 0.1) is 12.1 Å². The van der Waals surface area contributed by atoms with Crippen LogP contribution in [0.1, 0.15) is 5.56 Å². The molecule has 0 unspecified atom stereocenters. The number of hydrogen-bond acceptors (Lipinski definition) is 4. The highest BCUT2D eigenvalue weighted by Gasteiger charge is 2.21. The number of rotatable bonds is 9. The van der Waals surface area contributed by atoms with Crippen molar-refractivity contribution in [2.75, 3.05) is 33.7 Å². The number of carboxylic acid groups (broad SMARTS) is 1. The minimum Gasteiger partial charge on any atom is -0.465 e. The largest absolute Gasteiger partial charge is 0.465 e. The first-order valence-electron chi connectivity index (χ1n) is 7.06. The van der Waals surface area contributed by atoms with Gasteiger partial charge in [0.25, 0.3) is 0 Å². The third kappa shape index (κ3) is 7.65. The summed E-state index contributed by atoms with van der Waals surface area (Å²) in [6, 6.07) is 9.01. The molecule has 0 aliphatic rings. The molecular weight excluding hydrogens is 270 g/mol. The van der Waals surface area contributed by atoms with Crippen LogP contribution in [0.4, 0.5) is 4.79 Å². The lowest BCUT2D eigenvalue weighted by molar-refractivity contribution is 0.117. The van der Waals surface area contributed by atoms with Crippen LogP contribution in [0.5, 0.6) is 0 Å². The molecule has 6 nitrogen and oxygen atoms in total. The molecule has 6 heteroatoms. The molecule has 1 aromatic carbocycles. The molecule has 4 N–H and O–H groups in total. The summed E-state index contributed by atoms with van der Waals surface area (Å²) in [5, 5.41) is 24.6. The molecule has 0 heterocycles. The first-order chi connectivity index (χ1) is 9.99. The lowest BCUT2D eigenvalue weighted by atomic mass is 10.0. The van der Waals surface area contributed by atoms with Crippen molar-refractivity contribution < 1.29 is 15.0 Å². The predicted molar refractivity (Wildman–Crippen MR) is 82.5 cm³/mol. The lowest BCUT2D eigenvalue weighted by Gasteiger charge is -2.23. The van der Waals surface area contributed by atoms with Crippen LogP contribution < -0.4 is 10.6 Å². The molecular formula is C15H25N3O3. The molecule has 1 amide bonds. The van der Waals surface area contributed by atoms with Gasteiger partial charge >= 0.3 is 6.09 Å². The summed E-state index contributed by atoms with van der Waals surface area (Å²) in [5.41, 5.74) is 0.989. The van der Waals surface area contributed by atoms with Crippen molar-refractivity contribution in [1.29, 1.82) is 0 Å². The highest BCUT2D eigenvalue weighted by molar-refractivity contribution is 5.65. The highest BCUT2D eigenvalue weighted by Crippen LogP contribution is 2.06. The number of aliphatic hydroxyl groups is 1. The summed E-state index contributed by atoms with van der Waals surface area (Å²) in [4.78, 5) is 12.9. The first-order valence-corrected chi connectivity index (χ1v) is 7.06. The maximum absolute atomic E-state index is 10.9. The summed E-state index contributed by atoms with van der Waals surface area (Å²) in [5.74, 6) is 0. The normalized spacial score (nSPS) is 13.9. The Morgan fingerprint density at radius 1 is 1.29 bits per heavy atom. The molecule has 1 rings (SSSR count). The Balaban J connectivity index is 2.49. The fourth-order valence-corrected chi connectivity index (χ4v) is 2.00. The van der Waals surface area contributed by atoms with E-state index in [-0.39, 0.29) is 0 Å². The van der Waals surface area contributed by atoms with Crippen molar-refractivity contribution in [3.05, 3.63) is 35.9 Å². The molecule has 0 fully saturated rings. The second kappa shape index (κ2) is 9.33. The maximum Gasteiger partial charge on any atom is 0.404 e. The third-order valence-electron chi connectivity index (χ3n) is 3.16. The quantitative estimate of drug-likeness (QED) is 0.495. The van der Waals surface area contributed by atoms with Crippen molar-refractivity contribution >= 4 is 6.09 Å². The molecule has 0 saturated heterocycles. The van der Waals surface area contributed by atoms with Crippen LogP contribution in [0.3, 0.4) is 0 Å². The molecule has 0 bridgehead atoms. The van der Waals surface area contributed by atoms with Crippen LogP contribution >= 0.6 is 0 Å². The number of aliphatic hydroxyl groups excluding tert-OH is 1. The molecule has 0 aliphatic heterocycles. The van der Waals surface area contributed by atoms with E-state index in [2.05, 4.69) is 10.6 Å². The van der Waals surface area contributed by atoms with E-state index in [0.717, 1.165) is 18.7 Å². The van der Waals surface area contributed by atoms with E-state index in [0.29, 0.717) is 13.0 Å². The van der Waals surface area contributed by atoms with Crippen molar-refractivity contribution in [3.63, 3.8) is 0 Å². The highest BCUT2D eigenvalue weighted by atomic mass is 16.4. The Morgan fingerprint density at radius 3 is 2.52 bits per heavy atom. The second-order valence-corrected chi connectivity index (χ2v) is 5.32. The van der Waals surface area contributed by atoms with Gasteiger partial charge in [-0.1, -0.05) is 30.3 Å². The SMILES string of the molecule is CN(C)CCNC[C@@H](O)[C@H](Cc1ccccc1)NC(=O)O. The zero-order valence-corrected chi connectivity index (χ0v) is 12.6. The van der Waals surface area contributed by atoms with E-state index in [1.165, 1.54) is 0 Å². The fourth-order valence-electron chi connectivity index (χ4n) is 2.00. The van der Waals surface area contributed by atoms with Gasteiger partial charge in [0, 0.05) is 19.6 Å². The van der Waals surface area contributed by atoms with Crippen molar-refractivity contribution in [2.45, 2.75) is 18.6 Å². The number of hydrogen-bond donors (Lipinski definition) is 4. The summed E-state index contributed by atoms with van der Waals surface area (Å²) in [6.45, 7) is 1.96. The van der Waals surface area contributed by atoms with Crippen molar-refractivity contribution in [3.8, 4) is 0 Å². The number of nitrogens with one attached hydrogen (secondary N) is 2. The smallest absolute Gasteiger partial charge is 0.404 e. The van der Waals surface area contributed by atoms with Crippen molar-refractivity contribution in [1.82, 2.24) is 15.5 Å². The minimum absolute atomic E-state index is 0.353. The molecule has 0 saturated carbocycles. The number of carbonyl (C=O) groups is 1. The third-order valence-corrected chi connectivity index (χ3v) is 3.16. The van der Waals surface area contributed by atoms with E-state index in [9.17, 15) is 9.90 Å². The summed E-state index contributed by atoms with van der Waals surface area (Å²) >= 11 is 0. The van der Waals surface area contributed by atoms with Gasteiger partial charge < -0.3 is 25.7 Å². The maximum atomic E-state index is 10.9. The Morgan fingerprint density at radius 2 is 1.95 bits per heavy atom. The molecule has 0 radical (unpaired) electrons. The van der Waals surface area contributed by atoms with E-state index in [4.69, 9.17) is 5.11 Å². The number of likely N-dealkylation sites (N-methyl/N-ethyl adjacent to an activating group) is 1. The van der Waals surface area contributed by atoms with Gasteiger partial charge in [-0.3, -0.25) is 0 Å². The standard InChI is InChI=1S/C15H25N3O3/c1-18(2)9-8-16-11-14(19)13(17-15(20)21)10-12-6-4-3-5-7-12/h3-7,13-14,16-17,19H,8-11H2,1-2H3,(H,20,21)/t13-,14+/m0/s1. The van der Waals surface area contributed by atoms with E-state index < -0.39 is 18.2 Å². The summed E-state index contributed by atoms with van der Waals surface area (Å²) in [6.07, 6.45) is -1.43. The van der Waals surface area contributed by atoms with Gasteiger partial charge in [0.2, 0.25) is 0 Å². The van der Waals surface area contributed by atoms with E-state index in [1.807, 2.05) is 49.3 Å². The summed E-state index contributed by atoms with van der Waals surface area (Å²) < 4.78 is 0. The molecule has 0 aliphatic carbocycles. The predicted octanol–water partition coefficient (Wildman–Crippen LogP) is 0.377. The molecule has 2 atom stereocenters. The van der Waals surface area contributed by atoms with Crippen LogP contribution in [0, 0.1) is 0 Å². The molecule has 118 valence electrons. The van der Waals surface area contributed by atoms with Crippen LogP contribution in [0.15, 0.2) is 30.3 Å². The van der Waals surface area contributed by atoms with Gasteiger partial charge in [-0.15, -0.1) is 0 Å². The van der Waals surface area contributed by atoms with Crippen LogP contribution in [-0.4, -0.2) is 67.1 Å². The first kappa shape index (κ1) is 17.4. The van der Waals surface area contributed by atoms with Gasteiger partial charge in [0.1, 0.15) is 0 Å². The molecule has 0 aromatic heterocycles. The monoisotopic (exact) mass is 295 g/mol. The van der Waals surface area contributed by atoms with Crippen LogP contribution in [0.25, 0.3) is 0 Å². The average molecular weight is 295 g/mol. The zero-order chi connectivity index (χ0) is 15.7. The van der Waals surface area contributed by atoms with Crippen molar-refractivity contribution in [2.24, 2.45) is 0 Å².